The molecule has 0 fully saturated rings. The molecule has 1 N–H and O–H groups in total. The minimum absolute atomic E-state index is 0.122. The van der Waals surface area contributed by atoms with Gasteiger partial charge in [0.2, 0.25) is 0 Å². The third kappa shape index (κ3) is 2.87. The van der Waals surface area contributed by atoms with Crippen LogP contribution >= 0.6 is 0 Å². The molecule has 0 aliphatic heterocycles. The van der Waals surface area contributed by atoms with Crippen molar-refractivity contribution in [3.05, 3.63) is 39.9 Å². The summed E-state index contributed by atoms with van der Waals surface area (Å²) in [6, 6.07) is 5.44. The van der Waals surface area contributed by atoms with Crippen LogP contribution in [0.4, 0.5) is 5.69 Å². The molecule has 0 saturated heterocycles. The highest BCUT2D eigenvalue weighted by molar-refractivity contribution is 5.94. The summed E-state index contributed by atoms with van der Waals surface area (Å²) < 4.78 is 0. The Labute approximate surface area is 85.8 Å². The maximum atomic E-state index is 11.3. The summed E-state index contributed by atoms with van der Waals surface area (Å²) >= 11 is 0. The number of hydrogen-bond acceptors (Lipinski definition) is 4. The smallest absolute Gasteiger partial charge is 0.267 e. The van der Waals surface area contributed by atoms with Crippen LogP contribution in [-0.4, -0.2) is 17.0 Å². The zero-order valence-electron chi connectivity index (χ0n) is 8.01. The second-order valence-electron chi connectivity index (χ2n) is 2.64. The molecule has 6 nitrogen and oxygen atoms in total. The Balaban J connectivity index is 2.90. The molecular weight excluding hydrogens is 198 g/mol. The quantitative estimate of drug-likeness (QED) is 0.461. The third-order valence-corrected chi connectivity index (χ3v) is 1.61. The first-order valence-electron chi connectivity index (χ1n) is 4.17. The van der Waals surface area contributed by atoms with E-state index in [-0.39, 0.29) is 11.3 Å². The van der Waals surface area contributed by atoms with Crippen LogP contribution in [0.1, 0.15) is 17.3 Å². The van der Waals surface area contributed by atoms with Crippen LogP contribution in [0.25, 0.3) is 0 Å². The zero-order valence-corrected chi connectivity index (χ0v) is 8.01. The van der Waals surface area contributed by atoms with Gasteiger partial charge in [-0.3, -0.25) is 14.9 Å². The fourth-order valence-corrected chi connectivity index (χ4v) is 0.948. The molecule has 78 valence electrons. The summed E-state index contributed by atoms with van der Waals surface area (Å²) in [6.07, 6.45) is 1.41. The Morgan fingerprint density at radius 1 is 1.60 bits per heavy atom. The molecule has 0 aliphatic carbocycles. The number of hydrazone groups is 1. The van der Waals surface area contributed by atoms with Crippen LogP contribution in [-0.2, 0) is 0 Å². The van der Waals surface area contributed by atoms with Crippen molar-refractivity contribution < 1.29 is 9.72 Å². The maximum Gasteiger partial charge on any atom is 0.271 e. The van der Waals surface area contributed by atoms with Gasteiger partial charge in [-0.05, 0) is 13.0 Å². The van der Waals surface area contributed by atoms with Gasteiger partial charge in [-0.25, -0.2) is 5.43 Å². The molecule has 1 amide bonds. The number of nitrogens with zero attached hydrogens (tertiary/aromatic N) is 2. The van der Waals surface area contributed by atoms with E-state index in [1.54, 1.807) is 6.92 Å². The van der Waals surface area contributed by atoms with Crippen molar-refractivity contribution in [2.45, 2.75) is 6.92 Å². The molecule has 0 saturated carbocycles. The molecule has 6 heteroatoms. The second-order valence-corrected chi connectivity index (χ2v) is 2.64. The molecule has 0 unspecified atom stereocenters. The highest BCUT2D eigenvalue weighted by Crippen LogP contribution is 2.12. The van der Waals surface area contributed by atoms with Gasteiger partial charge in [0.15, 0.2) is 0 Å². The Morgan fingerprint density at radius 3 is 2.93 bits per heavy atom. The molecule has 0 radical (unpaired) electrons. The van der Waals surface area contributed by atoms with E-state index in [9.17, 15) is 14.9 Å². The first-order chi connectivity index (χ1) is 7.15. The van der Waals surface area contributed by atoms with Crippen LogP contribution in [0.15, 0.2) is 29.4 Å². The largest absolute Gasteiger partial charge is 0.271 e. The first-order valence-corrected chi connectivity index (χ1v) is 4.17. The van der Waals surface area contributed by atoms with Crippen molar-refractivity contribution in [3.63, 3.8) is 0 Å². The monoisotopic (exact) mass is 207 g/mol. The maximum absolute atomic E-state index is 11.3. The molecular formula is C9H9N3O3. The Morgan fingerprint density at radius 2 is 2.33 bits per heavy atom. The fourth-order valence-electron chi connectivity index (χ4n) is 0.948. The topological polar surface area (TPSA) is 84.6 Å². The second kappa shape index (κ2) is 4.85. The number of nitro groups is 1. The molecule has 0 aliphatic rings. The first kappa shape index (κ1) is 10.8. The molecule has 0 aromatic heterocycles. The van der Waals surface area contributed by atoms with E-state index in [0.29, 0.717) is 0 Å². The minimum Gasteiger partial charge on any atom is -0.267 e. The SMILES string of the molecule is CC=NNC(=O)c1cccc([N+](=O)[O-])c1. The number of amides is 1. The molecule has 1 aromatic carbocycles. The Bertz CT molecular complexity index is 415. The molecule has 1 aromatic rings. The van der Waals surface area contributed by atoms with Gasteiger partial charge in [-0.1, -0.05) is 6.07 Å². The van der Waals surface area contributed by atoms with Gasteiger partial charge in [-0.15, -0.1) is 0 Å². The normalized spacial score (nSPS) is 10.2. The Kier molecular flexibility index (Phi) is 3.50. The number of carbonyl (C=O) groups is 1. The number of nitro benzene ring substituents is 1. The molecule has 0 spiro atoms. The van der Waals surface area contributed by atoms with Crippen LogP contribution < -0.4 is 5.43 Å². The van der Waals surface area contributed by atoms with E-state index in [1.807, 2.05) is 0 Å². The number of hydrogen-bond donors (Lipinski definition) is 1. The van der Waals surface area contributed by atoms with Crippen LogP contribution in [0, 0.1) is 10.1 Å². The van der Waals surface area contributed by atoms with Crippen molar-refractivity contribution in [2.75, 3.05) is 0 Å². The van der Waals surface area contributed by atoms with Crippen LogP contribution in [0.2, 0.25) is 0 Å². The van der Waals surface area contributed by atoms with Crippen molar-refractivity contribution in [3.8, 4) is 0 Å². The van der Waals surface area contributed by atoms with Gasteiger partial charge in [0.05, 0.1) is 4.92 Å². The minimum atomic E-state index is -0.556. The number of rotatable bonds is 3. The van der Waals surface area contributed by atoms with Gasteiger partial charge in [0.25, 0.3) is 11.6 Å². The van der Waals surface area contributed by atoms with Gasteiger partial charge >= 0.3 is 0 Å². The fraction of sp³-hybridized carbons (Fsp3) is 0.111. The highest BCUT2D eigenvalue weighted by Gasteiger charge is 2.10. The van der Waals surface area contributed by atoms with Gasteiger partial charge in [-0.2, -0.15) is 5.10 Å². The number of carbonyl (C=O) groups excluding carboxylic acids is 1. The average molecular weight is 207 g/mol. The molecule has 1 rings (SSSR count). The molecule has 0 atom stereocenters. The van der Waals surface area contributed by atoms with Gasteiger partial charge in [0, 0.05) is 23.9 Å². The van der Waals surface area contributed by atoms with Crippen molar-refractivity contribution in [2.24, 2.45) is 5.10 Å². The zero-order chi connectivity index (χ0) is 11.3. The highest BCUT2D eigenvalue weighted by atomic mass is 16.6. The standard InChI is InChI=1S/C9H9N3O3/c1-2-10-11-9(13)7-4-3-5-8(6-7)12(14)15/h2-6H,1H3,(H,11,13). The van der Waals surface area contributed by atoms with Crippen LogP contribution in [0.3, 0.4) is 0 Å². The molecule has 15 heavy (non-hydrogen) atoms. The van der Waals surface area contributed by atoms with Crippen molar-refractivity contribution in [1.29, 1.82) is 0 Å². The summed E-state index contributed by atoms with van der Waals surface area (Å²) in [5, 5.41) is 14.0. The summed E-state index contributed by atoms with van der Waals surface area (Å²) in [5.74, 6) is -0.475. The number of nitrogens with one attached hydrogen (secondary N) is 1. The summed E-state index contributed by atoms with van der Waals surface area (Å²) in [7, 11) is 0. The van der Waals surface area contributed by atoms with Gasteiger partial charge in [0.1, 0.15) is 0 Å². The predicted molar refractivity (Wildman–Crippen MR) is 54.7 cm³/mol. The lowest BCUT2D eigenvalue weighted by Gasteiger charge is -1.98. The predicted octanol–water partition coefficient (Wildman–Crippen LogP) is 1.33. The van der Waals surface area contributed by atoms with E-state index in [4.69, 9.17) is 0 Å². The summed E-state index contributed by atoms with van der Waals surface area (Å²) in [4.78, 5) is 21.2. The van der Waals surface area contributed by atoms with E-state index in [0.717, 1.165) is 0 Å². The lowest BCUT2D eigenvalue weighted by Crippen LogP contribution is -2.17. The van der Waals surface area contributed by atoms with Crippen LogP contribution in [0.5, 0.6) is 0 Å². The lowest BCUT2D eigenvalue weighted by atomic mass is 10.2. The van der Waals surface area contributed by atoms with Gasteiger partial charge < -0.3 is 0 Å². The summed E-state index contributed by atoms with van der Waals surface area (Å²) in [6.45, 7) is 1.65. The van der Waals surface area contributed by atoms with E-state index >= 15 is 0 Å². The van der Waals surface area contributed by atoms with E-state index in [2.05, 4.69) is 10.5 Å². The van der Waals surface area contributed by atoms with Crippen molar-refractivity contribution >= 4 is 17.8 Å². The Hall–Kier alpha value is -2.24. The number of benzene rings is 1. The lowest BCUT2D eigenvalue weighted by molar-refractivity contribution is -0.384. The van der Waals surface area contributed by atoms with E-state index in [1.165, 1.54) is 30.5 Å². The molecule has 0 heterocycles. The number of non-ortho nitro benzene ring substituents is 1. The average Bonchev–Trinajstić information content (AvgIpc) is 2.26. The van der Waals surface area contributed by atoms with E-state index < -0.39 is 10.8 Å². The summed E-state index contributed by atoms with van der Waals surface area (Å²) in [5.41, 5.74) is 2.30. The third-order valence-electron chi connectivity index (χ3n) is 1.61. The van der Waals surface area contributed by atoms with Crippen molar-refractivity contribution in [1.82, 2.24) is 5.43 Å². The molecule has 0 bridgehead atoms.